The molecule has 2 N–H and O–H groups in total. The Morgan fingerprint density at radius 3 is 2.67 bits per heavy atom. The molecule has 0 atom stereocenters. The Morgan fingerprint density at radius 2 is 1.93 bits per heavy atom. The number of hydrogen-bond acceptors (Lipinski definition) is 3. The molecule has 2 aromatic carbocycles. The number of nitrogens with one attached hydrogen (secondary N) is 2. The Hall–Kier alpha value is -3.45. The molecule has 2 heterocycles. The number of fused-ring (bicyclic) bond motifs is 1. The van der Waals surface area contributed by atoms with Crippen LogP contribution in [-0.2, 0) is 13.1 Å². The van der Waals surface area contributed by atoms with Gasteiger partial charge in [-0.3, -0.25) is 4.79 Å². The fraction of sp³-hybridized carbons (Fsp3) is 0.130. The molecule has 0 bridgehead atoms. The molecule has 30 heavy (non-hydrogen) atoms. The molecule has 0 unspecified atom stereocenters. The molecule has 0 fully saturated rings. The van der Waals surface area contributed by atoms with Crippen molar-refractivity contribution in [2.75, 3.05) is 5.32 Å². The number of thiocarbonyl (C=S) groups is 1. The number of anilines is 1. The Morgan fingerprint density at radius 1 is 1.13 bits per heavy atom. The fourth-order valence-electron chi connectivity index (χ4n) is 3.22. The fourth-order valence-corrected chi connectivity index (χ4v) is 3.47. The van der Waals surface area contributed by atoms with Crippen molar-refractivity contribution in [3.05, 3.63) is 100.0 Å². The first kappa shape index (κ1) is 19.8. The lowest BCUT2D eigenvalue weighted by Gasteiger charge is -2.25. The lowest BCUT2D eigenvalue weighted by Crippen LogP contribution is -2.35. The summed E-state index contributed by atoms with van der Waals surface area (Å²) in [4.78, 5) is 17.4. The van der Waals surface area contributed by atoms with Crippen molar-refractivity contribution >= 4 is 33.9 Å². The van der Waals surface area contributed by atoms with Crippen LogP contribution in [0, 0.1) is 12.7 Å². The van der Waals surface area contributed by atoms with E-state index in [9.17, 15) is 9.18 Å². The molecule has 0 aliphatic heterocycles. The molecule has 0 amide bonds. The van der Waals surface area contributed by atoms with Crippen LogP contribution in [0.15, 0.2) is 76.1 Å². The zero-order valence-corrected chi connectivity index (χ0v) is 17.1. The van der Waals surface area contributed by atoms with Crippen LogP contribution < -0.4 is 10.9 Å². The lowest BCUT2D eigenvalue weighted by molar-refractivity contribution is 0.359. The standard InChI is InChI=1S/C23H20FN3O2S/c1-15-4-9-21-16(11-15)12-17(22(28)26-21)13-27(14-20-3-2-10-29-20)23(30)25-19-7-5-18(24)6-8-19/h2-12H,13-14H2,1H3,(H,25,30)(H,26,28). The van der Waals surface area contributed by atoms with Gasteiger partial charge in [-0.05, 0) is 79.1 Å². The van der Waals surface area contributed by atoms with Gasteiger partial charge in [0.25, 0.3) is 5.56 Å². The highest BCUT2D eigenvalue weighted by Gasteiger charge is 2.16. The quantitative estimate of drug-likeness (QED) is 0.446. The Labute approximate surface area is 178 Å². The maximum atomic E-state index is 13.2. The van der Waals surface area contributed by atoms with Crippen LogP contribution in [0.25, 0.3) is 10.9 Å². The van der Waals surface area contributed by atoms with E-state index in [0.717, 1.165) is 16.5 Å². The van der Waals surface area contributed by atoms with Crippen molar-refractivity contribution in [2.24, 2.45) is 0 Å². The van der Waals surface area contributed by atoms with Crippen LogP contribution in [-0.4, -0.2) is 15.0 Å². The molecule has 152 valence electrons. The second kappa shape index (κ2) is 8.51. The number of aromatic nitrogens is 1. The molecule has 4 aromatic rings. The van der Waals surface area contributed by atoms with Gasteiger partial charge in [0, 0.05) is 16.8 Å². The summed E-state index contributed by atoms with van der Waals surface area (Å²) in [7, 11) is 0. The monoisotopic (exact) mass is 421 g/mol. The van der Waals surface area contributed by atoms with Gasteiger partial charge in [-0.2, -0.15) is 0 Å². The van der Waals surface area contributed by atoms with Gasteiger partial charge >= 0.3 is 0 Å². The molecule has 5 nitrogen and oxygen atoms in total. The average Bonchev–Trinajstić information content (AvgIpc) is 3.23. The average molecular weight is 421 g/mol. The van der Waals surface area contributed by atoms with E-state index in [0.29, 0.717) is 28.7 Å². The van der Waals surface area contributed by atoms with Crippen molar-refractivity contribution in [3.8, 4) is 0 Å². The van der Waals surface area contributed by atoms with E-state index in [2.05, 4.69) is 10.3 Å². The van der Waals surface area contributed by atoms with Gasteiger partial charge in [0.15, 0.2) is 5.11 Å². The molecule has 0 radical (unpaired) electrons. The van der Waals surface area contributed by atoms with E-state index >= 15 is 0 Å². The number of hydrogen-bond donors (Lipinski definition) is 2. The Kier molecular flexibility index (Phi) is 5.63. The highest BCUT2D eigenvalue weighted by atomic mass is 32.1. The molecule has 7 heteroatoms. The number of rotatable bonds is 5. The van der Waals surface area contributed by atoms with Gasteiger partial charge in [0.2, 0.25) is 0 Å². The van der Waals surface area contributed by atoms with Crippen LogP contribution in [0.5, 0.6) is 0 Å². The molecule has 0 saturated carbocycles. The summed E-state index contributed by atoms with van der Waals surface area (Å²) in [6.07, 6.45) is 1.59. The SMILES string of the molecule is Cc1ccc2[nH]c(=O)c(CN(Cc3ccco3)C(=S)Nc3ccc(F)cc3)cc2c1. The molecule has 0 saturated heterocycles. The van der Waals surface area contributed by atoms with Gasteiger partial charge in [0.1, 0.15) is 11.6 Å². The zero-order chi connectivity index (χ0) is 21.1. The first-order valence-electron chi connectivity index (χ1n) is 9.44. The highest BCUT2D eigenvalue weighted by Crippen LogP contribution is 2.17. The van der Waals surface area contributed by atoms with Crippen molar-refractivity contribution < 1.29 is 8.81 Å². The Balaban J connectivity index is 1.63. The van der Waals surface area contributed by atoms with Crippen molar-refractivity contribution in [1.29, 1.82) is 0 Å². The van der Waals surface area contributed by atoms with Gasteiger partial charge in [-0.1, -0.05) is 11.6 Å². The maximum Gasteiger partial charge on any atom is 0.253 e. The number of furan rings is 1. The molecule has 0 spiro atoms. The number of benzene rings is 2. The van der Waals surface area contributed by atoms with Gasteiger partial charge in [-0.15, -0.1) is 0 Å². The minimum atomic E-state index is -0.322. The normalized spacial score (nSPS) is 10.9. The van der Waals surface area contributed by atoms with Crippen LogP contribution in [0.1, 0.15) is 16.9 Å². The van der Waals surface area contributed by atoms with Crippen molar-refractivity contribution in [1.82, 2.24) is 9.88 Å². The van der Waals surface area contributed by atoms with E-state index in [1.54, 1.807) is 24.5 Å². The molecular weight excluding hydrogens is 401 g/mol. The zero-order valence-electron chi connectivity index (χ0n) is 16.3. The number of H-pyrrole nitrogens is 1. The van der Waals surface area contributed by atoms with Crippen molar-refractivity contribution in [3.63, 3.8) is 0 Å². The van der Waals surface area contributed by atoms with Gasteiger partial charge < -0.3 is 19.6 Å². The molecule has 0 aliphatic rings. The smallest absolute Gasteiger partial charge is 0.253 e. The second-order valence-electron chi connectivity index (χ2n) is 7.09. The number of aromatic amines is 1. The molecular formula is C23H20FN3O2S. The van der Waals surface area contributed by atoms with E-state index in [1.807, 2.05) is 42.2 Å². The predicted molar refractivity (Wildman–Crippen MR) is 120 cm³/mol. The molecule has 0 aliphatic carbocycles. The van der Waals surface area contributed by atoms with Gasteiger partial charge in [0.05, 0.1) is 19.4 Å². The maximum absolute atomic E-state index is 13.2. The third-order valence-corrected chi connectivity index (χ3v) is 5.11. The number of pyridine rings is 1. The first-order valence-corrected chi connectivity index (χ1v) is 9.85. The summed E-state index contributed by atoms with van der Waals surface area (Å²) in [6.45, 7) is 2.67. The van der Waals surface area contributed by atoms with Crippen molar-refractivity contribution in [2.45, 2.75) is 20.0 Å². The lowest BCUT2D eigenvalue weighted by atomic mass is 10.1. The van der Waals surface area contributed by atoms with Crippen LogP contribution >= 0.6 is 12.2 Å². The van der Waals surface area contributed by atoms with E-state index < -0.39 is 0 Å². The summed E-state index contributed by atoms with van der Waals surface area (Å²) < 4.78 is 18.7. The van der Waals surface area contributed by atoms with E-state index in [-0.39, 0.29) is 17.9 Å². The van der Waals surface area contributed by atoms with E-state index in [1.165, 1.54) is 12.1 Å². The summed E-state index contributed by atoms with van der Waals surface area (Å²) in [5.41, 5.74) is 2.98. The Bertz CT molecular complexity index is 1230. The summed E-state index contributed by atoms with van der Waals surface area (Å²) in [6, 6.07) is 17.4. The summed E-state index contributed by atoms with van der Waals surface area (Å²) in [5, 5.41) is 4.47. The number of halogens is 1. The summed E-state index contributed by atoms with van der Waals surface area (Å²) in [5.74, 6) is 0.392. The second-order valence-corrected chi connectivity index (χ2v) is 7.47. The third-order valence-electron chi connectivity index (χ3n) is 4.75. The summed E-state index contributed by atoms with van der Waals surface area (Å²) >= 11 is 5.59. The van der Waals surface area contributed by atoms with Crippen LogP contribution in [0.3, 0.4) is 0 Å². The van der Waals surface area contributed by atoms with Gasteiger partial charge in [-0.25, -0.2) is 4.39 Å². The minimum Gasteiger partial charge on any atom is -0.467 e. The predicted octanol–water partition coefficient (Wildman–Crippen LogP) is 4.97. The molecule has 4 rings (SSSR count). The third kappa shape index (κ3) is 4.58. The van der Waals surface area contributed by atoms with Crippen LogP contribution in [0.2, 0.25) is 0 Å². The minimum absolute atomic E-state index is 0.166. The number of aryl methyl sites for hydroxylation is 1. The van der Waals surface area contributed by atoms with E-state index in [4.69, 9.17) is 16.6 Å². The molecule has 2 aromatic heterocycles. The first-order chi connectivity index (χ1) is 14.5. The topological polar surface area (TPSA) is 61.3 Å². The van der Waals surface area contributed by atoms with Crippen LogP contribution in [0.4, 0.5) is 10.1 Å². The highest BCUT2D eigenvalue weighted by molar-refractivity contribution is 7.80. The largest absolute Gasteiger partial charge is 0.467 e. The number of nitrogens with zero attached hydrogens (tertiary/aromatic N) is 1.